The van der Waals surface area contributed by atoms with Gasteiger partial charge in [0.05, 0.1) is 12.6 Å². The van der Waals surface area contributed by atoms with E-state index in [1.165, 1.54) is 13.0 Å². The van der Waals surface area contributed by atoms with Gasteiger partial charge >= 0.3 is 0 Å². The van der Waals surface area contributed by atoms with E-state index < -0.39 is 32.7 Å². The van der Waals surface area contributed by atoms with Crippen molar-refractivity contribution in [2.24, 2.45) is 5.73 Å². The van der Waals surface area contributed by atoms with Crippen molar-refractivity contribution < 1.29 is 22.7 Å². The minimum atomic E-state index is -4.19. The Morgan fingerprint density at radius 1 is 1.52 bits per heavy atom. The second kappa shape index (κ2) is 7.17. The zero-order chi connectivity index (χ0) is 16.0. The molecule has 0 radical (unpaired) electrons. The molecule has 6 nitrogen and oxygen atoms in total. The average molecular weight is 314 g/mol. The molecule has 0 fully saturated rings. The Hall–Kier alpha value is -1.95. The molecular weight excluding hydrogens is 299 g/mol. The van der Waals surface area contributed by atoms with E-state index in [2.05, 4.69) is 11.8 Å². The van der Waals surface area contributed by atoms with Crippen molar-refractivity contribution in [3.63, 3.8) is 0 Å². The zero-order valence-electron chi connectivity index (χ0n) is 11.3. The first-order chi connectivity index (χ1) is 9.77. The molecule has 0 bridgehead atoms. The predicted octanol–water partition coefficient (Wildman–Crippen LogP) is -0.288. The minimum Gasteiger partial charge on any atom is -0.395 e. The third kappa shape index (κ3) is 4.82. The summed E-state index contributed by atoms with van der Waals surface area (Å²) in [5.74, 6) is 3.32. The topological polar surface area (TPSA) is 109 Å². The predicted molar refractivity (Wildman–Crippen MR) is 74.0 cm³/mol. The molecule has 8 heteroatoms. The van der Waals surface area contributed by atoms with Crippen LogP contribution in [0.5, 0.6) is 0 Å². The standard InChI is InChI=1S/C13H15FN2O4S/c1-9(13(15)18)16-21(19,20)12-6-5-10(8-11(12)14)4-2-3-7-17/h5-6,8-9,16-17H,3,7H2,1H3,(H2,15,18). The molecule has 0 saturated heterocycles. The highest BCUT2D eigenvalue weighted by molar-refractivity contribution is 7.89. The number of benzene rings is 1. The Bertz CT molecular complexity index is 692. The van der Waals surface area contributed by atoms with Crippen LogP contribution in [0.15, 0.2) is 23.1 Å². The number of hydrogen-bond donors (Lipinski definition) is 3. The summed E-state index contributed by atoms with van der Waals surface area (Å²) in [6.45, 7) is 1.14. The van der Waals surface area contributed by atoms with E-state index in [1.807, 2.05) is 4.72 Å². The van der Waals surface area contributed by atoms with E-state index in [4.69, 9.17) is 10.8 Å². The maximum Gasteiger partial charge on any atom is 0.244 e. The number of nitrogens with one attached hydrogen (secondary N) is 1. The van der Waals surface area contributed by atoms with Crippen LogP contribution in [-0.2, 0) is 14.8 Å². The van der Waals surface area contributed by atoms with Crippen molar-refractivity contribution >= 4 is 15.9 Å². The first kappa shape index (κ1) is 17.1. The number of aliphatic hydroxyl groups is 1. The Kier molecular flexibility index (Phi) is 5.84. The van der Waals surface area contributed by atoms with Gasteiger partial charge in [-0.2, -0.15) is 4.72 Å². The van der Waals surface area contributed by atoms with Gasteiger partial charge in [0, 0.05) is 12.0 Å². The second-order valence-electron chi connectivity index (χ2n) is 4.17. The van der Waals surface area contributed by atoms with Crippen LogP contribution in [0.25, 0.3) is 0 Å². The molecule has 0 saturated carbocycles. The van der Waals surface area contributed by atoms with Gasteiger partial charge in [-0.1, -0.05) is 11.8 Å². The van der Waals surface area contributed by atoms with Gasteiger partial charge in [-0.05, 0) is 25.1 Å². The Morgan fingerprint density at radius 2 is 2.19 bits per heavy atom. The molecule has 0 heterocycles. The molecule has 0 aliphatic carbocycles. The number of hydrogen-bond acceptors (Lipinski definition) is 4. The highest BCUT2D eigenvalue weighted by atomic mass is 32.2. The number of aliphatic hydroxyl groups excluding tert-OH is 1. The van der Waals surface area contributed by atoms with Gasteiger partial charge in [0.15, 0.2) is 0 Å². The summed E-state index contributed by atoms with van der Waals surface area (Å²) in [6, 6.07) is 2.19. The van der Waals surface area contributed by atoms with Crippen molar-refractivity contribution in [3.05, 3.63) is 29.6 Å². The van der Waals surface area contributed by atoms with E-state index in [9.17, 15) is 17.6 Å². The zero-order valence-corrected chi connectivity index (χ0v) is 12.1. The molecule has 1 aromatic carbocycles. The minimum absolute atomic E-state index is 0.114. The molecule has 1 unspecified atom stereocenters. The number of amides is 1. The maximum absolute atomic E-state index is 13.9. The van der Waals surface area contributed by atoms with Crippen LogP contribution in [0, 0.1) is 17.7 Å². The normalized spacial score (nSPS) is 12.3. The van der Waals surface area contributed by atoms with Crippen LogP contribution >= 0.6 is 0 Å². The highest BCUT2D eigenvalue weighted by Crippen LogP contribution is 2.16. The molecule has 0 spiro atoms. The second-order valence-corrected chi connectivity index (χ2v) is 5.85. The fourth-order valence-corrected chi connectivity index (χ4v) is 2.64. The summed E-state index contributed by atoms with van der Waals surface area (Å²) >= 11 is 0. The monoisotopic (exact) mass is 314 g/mol. The van der Waals surface area contributed by atoms with Crippen LogP contribution in [0.2, 0.25) is 0 Å². The largest absolute Gasteiger partial charge is 0.395 e. The first-order valence-electron chi connectivity index (χ1n) is 5.99. The third-order valence-corrected chi connectivity index (χ3v) is 4.02. The average Bonchev–Trinajstić information content (AvgIpc) is 2.38. The molecule has 1 amide bonds. The Labute approximate surface area is 122 Å². The number of primary amides is 1. The molecule has 0 aromatic heterocycles. The summed E-state index contributed by atoms with van der Waals surface area (Å²) in [7, 11) is -4.19. The van der Waals surface area contributed by atoms with Gasteiger partial charge in [0.1, 0.15) is 10.7 Å². The lowest BCUT2D eigenvalue weighted by molar-refractivity contribution is -0.119. The molecule has 21 heavy (non-hydrogen) atoms. The van der Waals surface area contributed by atoms with E-state index in [0.29, 0.717) is 0 Å². The van der Waals surface area contributed by atoms with Crippen LogP contribution < -0.4 is 10.5 Å². The summed E-state index contributed by atoms with van der Waals surface area (Å²) in [4.78, 5) is 10.3. The Morgan fingerprint density at radius 3 is 2.71 bits per heavy atom. The van der Waals surface area contributed by atoms with Crippen molar-refractivity contribution in [2.45, 2.75) is 24.3 Å². The molecule has 1 aromatic rings. The van der Waals surface area contributed by atoms with Gasteiger partial charge in [0.2, 0.25) is 15.9 Å². The lowest BCUT2D eigenvalue weighted by Crippen LogP contribution is -2.42. The summed E-state index contributed by atoms with van der Waals surface area (Å²) in [6.07, 6.45) is 0.235. The number of rotatable bonds is 5. The lowest BCUT2D eigenvalue weighted by atomic mass is 10.2. The maximum atomic E-state index is 13.9. The van der Waals surface area contributed by atoms with Gasteiger partial charge in [-0.15, -0.1) is 0 Å². The summed E-state index contributed by atoms with van der Waals surface area (Å²) in [5.41, 5.74) is 5.23. The number of carbonyl (C=O) groups is 1. The van der Waals surface area contributed by atoms with E-state index in [1.54, 1.807) is 0 Å². The first-order valence-corrected chi connectivity index (χ1v) is 7.47. The van der Waals surface area contributed by atoms with E-state index in [-0.39, 0.29) is 18.6 Å². The van der Waals surface area contributed by atoms with Crippen LogP contribution in [0.4, 0.5) is 4.39 Å². The number of carbonyl (C=O) groups excluding carboxylic acids is 1. The third-order valence-electron chi connectivity index (χ3n) is 2.45. The fraction of sp³-hybridized carbons (Fsp3) is 0.308. The SMILES string of the molecule is CC(NS(=O)(=O)c1ccc(C#CCCO)cc1F)C(N)=O. The molecule has 4 N–H and O–H groups in total. The van der Waals surface area contributed by atoms with Crippen LogP contribution in [-0.4, -0.2) is 32.1 Å². The van der Waals surface area contributed by atoms with Crippen molar-refractivity contribution in [1.29, 1.82) is 0 Å². The number of nitrogens with two attached hydrogens (primary N) is 1. The molecule has 1 atom stereocenters. The Balaban J connectivity index is 3.05. The van der Waals surface area contributed by atoms with Gasteiger partial charge in [0.25, 0.3) is 0 Å². The molecular formula is C13H15FN2O4S. The van der Waals surface area contributed by atoms with Crippen molar-refractivity contribution in [1.82, 2.24) is 4.72 Å². The molecule has 0 aliphatic heterocycles. The van der Waals surface area contributed by atoms with Gasteiger partial charge in [-0.25, -0.2) is 12.8 Å². The van der Waals surface area contributed by atoms with E-state index in [0.717, 1.165) is 12.1 Å². The number of halogens is 1. The van der Waals surface area contributed by atoms with Crippen LogP contribution in [0.3, 0.4) is 0 Å². The van der Waals surface area contributed by atoms with Crippen LogP contribution in [0.1, 0.15) is 18.9 Å². The fourth-order valence-electron chi connectivity index (χ4n) is 1.37. The molecule has 114 valence electrons. The number of sulfonamides is 1. The molecule has 1 rings (SSSR count). The van der Waals surface area contributed by atoms with Crippen molar-refractivity contribution in [2.75, 3.05) is 6.61 Å². The highest BCUT2D eigenvalue weighted by Gasteiger charge is 2.23. The van der Waals surface area contributed by atoms with E-state index >= 15 is 0 Å². The van der Waals surface area contributed by atoms with Gasteiger partial charge in [-0.3, -0.25) is 4.79 Å². The van der Waals surface area contributed by atoms with Gasteiger partial charge < -0.3 is 10.8 Å². The lowest BCUT2D eigenvalue weighted by Gasteiger charge is -2.11. The van der Waals surface area contributed by atoms with Crippen molar-refractivity contribution in [3.8, 4) is 11.8 Å². The molecule has 0 aliphatic rings. The summed E-state index contributed by atoms with van der Waals surface area (Å²) < 4.78 is 39.7. The quantitative estimate of drug-likeness (QED) is 0.649. The smallest absolute Gasteiger partial charge is 0.244 e. The summed E-state index contributed by atoms with van der Waals surface area (Å²) in [5, 5.41) is 8.58.